The first-order valence-electron chi connectivity index (χ1n) is 21.3. The van der Waals surface area contributed by atoms with Gasteiger partial charge in [-0.2, -0.15) is 0 Å². The van der Waals surface area contributed by atoms with Crippen LogP contribution in [0.5, 0.6) is 11.5 Å². The summed E-state index contributed by atoms with van der Waals surface area (Å²) in [4.78, 5) is 15.5. The third-order valence-electron chi connectivity index (χ3n) is 12.8. The fourth-order valence-electron chi connectivity index (χ4n) is 10.1. The lowest BCUT2D eigenvalue weighted by Gasteiger charge is -2.39. The zero-order valence-electron chi connectivity index (χ0n) is 33.9. The smallest absolute Gasteiger partial charge is 0.164 e. The molecule has 0 N–H and O–H groups in total. The number of rotatable bonds is 5. The standard InChI is InChI=1S/C58H35N3O2/c1-3-16-36(17-4-1)37-30-32-39(33-31-37)56-59-55(38-18-5-2-6-19-38)60-57(61-56)43-22-8-7-20-40(43)42-23-15-29-52-54(42)45-34-44-41-21-9-10-24-46(41)58(49(44)35-53(45)63-52)47-25-11-13-27-50(47)62-51-28-14-12-26-48(51)58/h1-35H. The Bertz CT molecular complexity index is 3550. The summed E-state index contributed by atoms with van der Waals surface area (Å²) in [5, 5.41) is 2.09. The van der Waals surface area contributed by atoms with E-state index in [9.17, 15) is 0 Å². The van der Waals surface area contributed by atoms with E-state index in [0.717, 1.165) is 83.5 Å². The molecule has 1 aliphatic carbocycles. The molecule has 3 heterocycles. The molecule has 2 aromatic heterocycles. The fourth-order valence-corrected chi connectivity index (χ4v) is 10.1. The summed E-state index contributed by atoms with van der Waals surface area (Å²) in [6.07, 6.45) is 0. The Morgan fingerprint density at radius 2 is 0.825 bits per heavy atom. The monoisotopic (exact) mass is 805 g/mol. The highest BCUT2D eigenvalue weighted by atomic mass is 16.5. The second-order valence-electron chi connectivity index (χ2n) is 16.2. The van der Waals surface area contributed by atoms with Crippen molar-refractivity contribution >= 4 is 21.9 Å². The van der Waals surface area contributed by atoms with E-state index in [4.69, 9.17) is 24.1 Å². The number of aromatic nitrogens is 3. The highest BCUT2D eigenvalue weighted by Gasteiger charge is 2.51. The molecule has 2 aliphatic rings. The summed E-state index contributed by atoms with van der Waals surface area (Å²) in [7, 11) is 0. The van der Waals surface area contributed by atoms with Crippen molar-refractivity contribution in [1.82, 2.24) is 15.0 Å². The van der Waals surface area contributed by atoms with E-state index in [-0.39, 0.29) is 0 Å². The molecule has 0 radical (unpaired) electrons. The van der Waals surface area contributed by atoms with Crippen LogP contribution in [0.25, 0.3) is 89.5 Å². The summed E-state index contributed by atoms with van der Waals surface area (Å²) in [6, 6.07) is 74.1. The zero-order chi connectivity index (χ0) is 41.5. The lowest BCUT2D eigenvalue weighted by atomic mass is 9.66. The van der Waals surface area contributed by atoms with Crippen molar-refractivity contribution in [2.75, 3.05) is 0 Å². The van der Waals surface area contributed by atoms with Gasteiger partial charge in [-0.3, -0.25) is 0 Å². The lowest BCUT2D eigenvalue weighted by Crippen LogP contribution is -2.32. The normalized spacial score (nSPS) is 13.0. The topological polar surface area (TPSA) is 61.0 Å². The van der Waals surface area contributed by atoms with Gasteiger partial charge in [0.2, 0.25) is 0 Å². The quantitative estimate of drug-likeness (QED) is 0.173. The molecule has 13 rings (SSSR count). The van der Waals surface area contributed by atoms with Crippen LogP contribution in [-0.2, 0) is 5.41 Å². The van der Waals surface area contributed by atoms with Crippen LogP contribution in [0.4, 0.5) is 0 Å². The molecule has 0 amide bonds. The number of benzene rings is 9. The Labute approximate surface area is 363 Å². The maximum absolute atomic E-state index is 6.92. The van der Waals surface area contributed by atoms with Crippen molar-refractivity contribution in [3.63, 3.8) is 0 Å². The Hall–Kier alpha value is -8.41. The summed E-state index contributed by atoms with van der Waals surface area (Å²) in [6.45, 7) is 0. The molecule has 11 aromatic rings. The number of para-hydroxylation sites is 2. The SMILES string of the molecule is c1ccc(-c2ccc(-c3nc(-c4ccccc4)nc(-c4ccccc4-c4cccc5oc6cc7c(cc6c45)-c4ccccc4C74c5ccccc5Oc5ccccc54)n3)cc2)cc1. The largest absolute Gasteiger partial charge is 0.457 e. The Kier molecular flexibility index (Phi) is 7.75. The zero-order valence-corrected chi connectivity index (χ0v) is 33.9. The maximum Gasteiger partial charge on any atom is 0.164 e. The van der Waals surface area contributed by atoms with E-state index in [1.165, 1.54) is 22.3 Å². The Morgan fingerprint density at radius 3 is 1.52 bits per heavy atom. The third-order valence-corrected chi connectivity index (χ3v) is 12.8. The van der Waals surface area contributed by atoms with Crippen LogP contribution in [0.1, 0.15) is 22.3 Å². The molecule has 0 bridgehead atoms. The van der Waals surface area contributed by atoms with Gasteiger partial charge in [-0.15, -0.1) is 0 Å². The minimum atomic E-state index is -0.589. The van der Waals surface area contributed by atoms with E-state index in [0.29, 0.717) is 17.5 Å². The van der Waals surface area contributed by atoms with Gasteiger partial charge in [-0.05, 0) is 74.8 Å². The average molecular weight is 806 g/mol. The first-order valence-corrected chi connectivity index (χ1v) is 21.3. The number of hydrogen-bond acceptors (Lipinski definition) is 5. The number of hydrogen-bond donors (Lipinski definition) is 0. The van der Waals surface area contributed by atoms with Crippen molar-refractivity contribution in [3.8, 4) is 79.0 Å². The predicted octanol–water partition coefficient (Wildman–Crippen LogP) is 14.6. The van der Waals surface area contributed by atoms with Crippen molar-refractivity contribution in [2.24, 2.45) is 0 Å². The van der Waals surface area contributed by atoms with Crippen LogP contribution in [0.2, 0.25) is 0 Å². The molecule has 5 heteroatoms. The van der Waals surface area contributed by atoms with Gasteiger partial charge in [0.05, 0.1) is 5.41 Å². The molecular formula is C58H35N3O2. The fraction of sp³-hybridized carbons (Fsp3) is 0.0172. The maximum atomic E-state index is 6.92. The molecule has 0 saturated carbocycles. The van der Waals surface area contributed by atoms with Crippen LogP contribution in [-0.4, -0.2) is 15.0 Å². The molecule has 63 heavy (non-hydrogen) atoms. The minimum Gasteiger partial charge on any atom is -0.457 e. The summed E-state index contributed by atoms with van der Waals surface area (Å²) in [5.41, 5.74) is 15.2. The first-order chi connectivity index (χ1) is 31.2. The molecule has 5 nitrogen and oxygen atoms in total. The highest BCUT2D eigenvalue weighted by Crippen LogP contribution is 2.62. The van der Waals surface area contributed by atoms with Crippen LogP contribution in [0, 0.1) is 0 Å². The summed E-state index contributed by atoms with van der Waals surface area (Å²) >= 11 is 0. The number of furan rings is 1. The molecule has 0 fully saturated rings. The Balaban J connectivity index is 1.01. The van der Waals surface area contributed by atoms with Gasteiger partial charge in [0, 0.05) is 38.6 Å². The van der Waals surface area contributed by atoms with Gasteiger partial charge in [-0.25, -0.2) is 15.0 Å². The molecule has 0 atom stereocenters. The lowest BCUT2D eigenvalue weighted by molar-refractivity contribution is 0.436. The average Bonchev–Trinajstić information content (AvgIpc) is 3.87. The Morgan fingerprint density at radius 1 is 0.317 bits per heavy atom. The predicted molar refractivity (Wildman–Crippen MR) is 252 cm³/mol. The van der Waals surface area contributed by atoms with Crippen LogP contribution >= 0.6 is 0 Å². The van der Waals surface area contributed by atoms with Crippen LogP contribution in [0.15, 0.2) is 217 Å². The summed E-state index contributed by atoms with van der Waals surface area (Å²) < 4.78 is 13.5. The van der Waals surface area contributed by atoms with E-state index in [2.05, 4.69) is 164 Å². The number of nitrogens with zero attached hydrogens (tertiary/aromatic N) is 3. The molecular weight excluding hydrogens is 771 g/mol. The second kappa shape index (κ2) is 13.8. The molecule has 9 aromatic carbocycles. The van der Waals surface area contributed by atoms with Crippen molar-refractivity contribution in [3.05, 3.63) is 235 Å². The van der Waals surface area contributed by atoms with Crippen LogP contribution in [0.3, 0.4) is 0 Å². The molecule has 1 aliphatic heterocycles. The molecule has 0 unspecified atom stereocenters. The molecule has 294 valence electrons. The van der Waals surface area contributed by atoms with E-state index >= 15 is 0 Å². The van der Waals surface area contributed by atoms with Gasteiger partial charge in [-0.1, -0.05) is 182 Å². The van der Waals surface area contributed by atoms with E-state index in [1.807, 2.05) is 48.5 Å². The summed E-state index contributed by atoms with van der Waals surface area (Å²) in [5.74, 6) is 3.55. The number of ether oxygens (including phenoxy) is 1. The number of fused-ring (bicyclic) bond motifs is 12. The third kappa shape index (κ3) is 5.33. The van der Waals surface area contributed by atoms with E-state index < -0.39 is 5.41 Å². The van der Waals surface area contributed by atoms with Gasteiger partial charge >= 0.3 is 0 Å². The van der Waals surface area contributed by atoms with Gasteiger partial charge in [0.25, 0.3) is 0 Å². The first kappa shape index (κ1) is 35.4. The van der Waals surface area contributed by atoms with Crippen LogP contribution < -0.4 is 4.74 Å². The van der Waals surface area contributed by atoms with Gasteiger partial charge in [0.15, 0.2) is 17.5 Å². The minimum absolute atomic E-state index is 0.589. The van der Waals surface area contributed by atoms with E-state index in [1.54, 1.807) is 0 Å². The van der Waals surface area contributed by atoms with Crippen molar-refractivity contribution in [1.29, 1.82) is 0 Å². The highest BCUT2D eigenvalue weighted by molar-refractivity contribution is 6.15. The second-order valence-corrected chi connectivity index (χ2v) is 16.2. The van der Waals surface area contributed by atoms with Crippen molar-refractivity contribution in [2.45, 2.75) is 5.41 Å². The van der Waals surface area contributed by atoms with Gasteiger partial charge < -0.3 is 9.15 Å². The molecule has 1 spiro atoms. The van der Waals surface area contributed by atoms with Gasteiger partial charge in [0.1, 0.15) is 22.7 Å². The molecule has 0 saturated heterocycles. The van der Waals surface area contributed by atoms with Crippen molar-refractivity contribution < 1.29 is 9.15 Å².